The summed E-state index contributed by atoms with van der Waals surface area (Å²) < 4.78 is 0.904. The molecule has 1 amide bonds. The first kappa shape index (κ1) is 9.47. The van der Waals surface area contributed by atoms with Crippen molar-refractivity contribution in [3.05, 3.63) is 32.9 Å². The molecule has 3 N–H and O–H groups in total. The largest absolute Gasteiger partial charge is 0.290 e. The number of hydrazine groups is 1. The Bertz CT molecular complexity index is 312. The van der Waals surface area contributed by atoms with Gasteiger partial charge in [0.05, 0.1) is 5.56 Å². The monoisotopic (exact) mass is 276 g/mol. The Kier molecular flexibility index (Phi) is 3.05. The van der Waals surface area contributed by atoms with Crippen LogP contribution in [0.4, 0.5) is 0 Å². The van der Waals surface area contributed by atoms with E-state index in [1.54, 1.807) is 0 Å². The quantitative estimate of drug-likeness (QED) is 0.350. The lowest BCUT2D eigenvalue weighted by atomic mass is 10.1. The highest BCUT2D eigenvalue weighted by Gasteiger charge is 2.07. The maximum atomic E-state index is 11.1. The van der Waals surface area contributed by atoms with Crippen LogP contribution in [-0.2, 0) is 0 Å². The van der Waals surface area contributed by atoms with Gasteiger partial charge in [0.25, 0.3) is 5.91 Å². The highest BCUT2D eigenvalue weighted by molar-refractivity contribution is 14.1. The molecule has 0 heterocycles. The molecule has 1 rings (SSSR count). The molecule has 1 aromatic carbocycles. The zero-order chi connectivity index (χ0) is 9.14. The lowest BCUT2D eigenvalue weighted by Gasteiger charge is -2.03. The van der Waals surface area contributed by atoms with Crippen LogP contribution < -0.4 is 11.3 Å². The van der Waals surface area contributed by atoms with Crippen LogP contribution in [0.2, 0.25) is 0 Å². The highest BCUT2D eigenvalue weighted by Crippen LogP contribution is 2.13. The van der Waals surface area contributed by atoms with E-state index in [0.29, 0.717) is 5.56 Å². The van der Waals surface area contributed by atoms with Crippen LogP contribution in [0.5, 0.6) is 0 Å². The van der Waals surface area contributed by atoms with Crippen molar-refractivity contribution in [3.8, 4) is 0 Å². The van der Waals surface area contributed by atoms with Gasteiger partial charge in [-0.25, -0.2) is 5.84 Å². The van der Waals surface area contributed by atoms with Crippen LogP contribution in [0.25, 0.3) is 0 Å². The second-order valence-corrected chi connectivity index (χ2v) is 3.62. The molecule has 0 atom stereocenters. The van der Waals surface area contributed by atoms with E-state index < -0.39 is 0 Å². The highest BCUT2D eigenvalue weighted by atomic mass is 127. The summed E-state index contributed by atoms with van der Waals surface area (Å²) >= 11 is 2.10. The molecule has 3 nitrogen and oxygen atoms in total. The molecule has 12 heavy (non-hydrogen) atoms. The third kappa shape index (κ3) is 1.95. The number of rotatable bonds is 1. The molecule has 64 valence electrons. The molecule has 4 heteroatoms. The number of carbonyl (C=O) groups is 1. The summed E-state index contributed by atoms with van der Waals surface area (Å²) in [6, 6.07) is 5.65. The fourth-order valence-corrected chi connectivity index (χ4v) is 1.47. The third-order valence-corrected chi connectivity index (χ3v) is 2.44. The number of nitrogen functional groups attached to an aromatic ring is 1. The number of nitrogens with two attached hydrogens (primary N) is 1. The summed E-state index contributed by atoms with van der Waals surface area (Å²) in [5.41, 5.74) is 3.78. The first-order valence-corrected chi connectivity index (χ1v) is 4.50. The van der Waals surface area contributed by atoms with Gasteiger partial charge in [0.2, 0.25) is 0 Å². The standard InChI is InChI=1S/C8H9IN2O/c1-5-2-3-7(9)6(4-5)8(12)11-10/h2-4H,10H2,1H3,(H,11,12). The Morgan fingerprint density at radius 3 is 2.83 bits per heavy atom. The maximum absolute atomic E-state index is 11.1. The molecule has 0 saturated heterocycles. The van der Waals surface area contributed by atoms with Gasteiger partial charge in [-0.1, -0.05) is 11.6 Å². The van der Waals surface area contributed by atoms with Gasteiger partial charge in [-0.15, -0.1) is 0 Å². The summed E-state index contributed by atoms with van der Waals surface area (Å²) in [7, 11) is 0. The lowest BCUT2D eigenvalue weighted by molar-refractivity contribution is 0.0952. The number of halogens is 1. The smallest absolute Gasteiger partial charge is 0.266 e. The molecule has 0 aliphatic heterocycles. The second kappa shape index (κ2) is 3.86. The van der Waals surface area contributed by atoms with Gasteiger partial charge in [-0.05, 0) is 41.6 Å². The van der Waals surface area contributed by atoms with Gasteiger partial charge in [0.15, 0.2) is 0 Å². The van der Waals surface area contributed by atoms with Crippen molar-refractivity contribution in [2.24, 2.45) is 5.84 Å². The molecule has 0 aliphatic rings. The molecule has 0 spiro atoms. The second-order valence-electron chi connectivity index (χ2n) is 2.46. The van der Waals surface area contributed by atoms with Crippen LogP contribution in [0, 0.1) is 10.5 Å². The first-order chi connectivity index (χ1) is 5.65. The van der Waals surface area contributed by atoms with Gasteiger partial charge >= 0.3 is 0 Å². The topological polar surface area (TPSA) is 55.1 Å². The van der Waals surface area contributed by atoms with E-state index in [1.165, 1.54) is 0 Å². The molecule has 1 aromatic rings. The van der Waals surface area contributed by atoms with E-state index in [0.717, 1.165) is 9.13 Å². The molecule has 0 fully saturated rings. The van der Waals surface area contributed by atoms with Crippen molar-refractivity contribution in [2.45, 2.75) is 6.92 Å². The summed E-state index contributed by atoms with van der Waals surface area (Å²) in [6.45, 7) is 1.93. The molecule has 0 unspecified atom stereocenters. The number of hydrogen-bond donors (Lipinski definition) is 2. The van der Waals surface area contributed by atoms with Crippen molar-refractivity contribution in [3.63, 3.8) is 0 Å². The molecular formula is C8H9IN2O. The zero-order valence-corrected chi connectivity index (χ0v) is 8.75. The molecule has 0 saturated carbocycles. The fourth-order valence-electron chi connectivity index (χ4n) is 0.891. The Hall–Kier alpha value is -0.620. The van der Waals surface area contributed by atoms with Crippen molar-refractivity contribution in [2.75, 3.05) is 0 Å². The van der Waals surface area contributed by atoms with Crippen LogP contribution in [0.3, 0.4) is 0 Å². The minimum absolute atomic E-state index is 0.247. The van der Waals surface area contributed by atoms with Gasteiger partial charge in [0, 0.05) is 3.57 Å². The summed E-state index contributed by atoms with van der Waals surface area (Å²) in [5, 5.41) is 0. The van der Waals surface area contributed by atoms with Gasteiger partial charge in [-0.2, -0.15) is 0 Å². The molecule has 0 aromatic heterocycles. The van der Waals surface area contributed by atoms with Crippen molar-refractivity contribution in [1.82, 2.24) is 5.43 Å². The first-order valence-electron chi connectivity index (χ1n) is 3.42. The molecule has 0 radical (unpaired) electrons. The van der Waals surface area contributed by atoms with E-state index in [4.69, 9.17) is 5.84 Å². The van der Waals surface area contributed by atoms with Crippen LogP contribution in [-0.4, -0.2) is 5.91 Å². The normalized spacial score (nSPS) is 9.58. The summed E-state index contributed by atoms with van der Waals surface area (Å²) in [6.07, 6.45) is 0. The average Bonchev–Trinajstić information content (AvgIpc) is 2.08. The maximum Gasteiger partial charge on any atom is 0.266 e. The number of aryl methyl sites for hydroxylation is 1. The summed E-state index contributed by atoms with van der Waals surface area (Å²) in [5.74, 6) is 4.77. The van der Waals surface area contributed by atoms with Crippen molar-refractivity contribution in [1.29, 1.82) is 0 Å². The predicted molar refractivity (Wildman–Crippen MR) is 55.5 cm³/mol. The Balaban J connectivity index is 3.13. The molecule has 0 aliphatic carbocycles. The van der Waals surface area contributed by atoms with Crippen LogP contribution in [0.15, 0.2) is 18.2 Å². The number of hydrogen-bond acceptors (Lipinski definition) is 2. The van der Waals surface area contributed by atoms with E-state index in [2.05, 4.69) is 28.0 Å². The minimum atomic E-state index is -0.247. The van der Waals surface area contributed by atoms with E-state index >= 15 is 0 Å². The fraction of sp³-hybridized carbons (Fsp3) is 0.125. The minimum Gasteiger partial charge on any atom is -0.290 e. The number of amides is 1. The average molecular weight is 276 g/mol. The van der Waals surface area contributed by atoms with Crippen LogP contribution in [0.1, 0.15) is 15.9 Å². The Morgan fingerprint density at radius 2 is 2.25 bits per heavy atom. The molecular weight excluding hydrogens is 267 g/mol. The van der Waals surface area contributed by atoms with Gasteiger partial charge in [0.1, 0.15) is 0 Å². The lowest BCUT2D eigenvalue weighted by Crippen LogP contribution is -2.30. The van der Waals surface area contributed by atoms with E-state index in [1.807, 2.05) is 25.1 Å². The SMILES string of the molecule is Cc1ccc(I)c(C(=O)NN)c1. The van der Waals surface area contributed by atoms with E-state index in [-0.39, 0.29) is 5.91 Å². The predicted octanol–water partition coefficient (Wildman–Crippen LogP) is 1.20. The zero-order valence-electron chi connectivity index (χ0n) is 6.60. The van der Waals surface area contributed by atoms with Crippen molar-refractivity contribution >= 4 is 28.5 Å². The number of carbonyl (C=O) groups excluding carboxylic acids is 1. The van der Waals surface area contributed by atoms with E-state index in [9.17, 15) is 4.79 Å². The van der Waals surface area contributed by atoms with Gasteiger partial charge in [-0.3, -0.25) is 10.2 Å². The Labute approximate surface area is 84.4 Å². The number of nitrogens with one attached hydrogen (secondary N) is 1. The molecule has 0 bridgehead atoms. The summed E-state index contributed by atoms with van der Waals surface area (Å²) in [4.78, 5) is 11.1. The van der Waals surface area contributed by atoms with Crippen LogP contribution >= 0.6 is 22.6 Å². The third-order valence-electron chi connectivity index (χ3n) is 1.50. The Morgan fingerprint density at radius 1 is 1.58 bits per heavy atom. The van der Waals surface area contributed by atoms with Gasteiger partial charge < -0.3 is 0 Å². The van der Waals surface area contributed by atoms with Crippen molar-refractivity contribution < 1.29 is 4.79 Å². The number of benzene rings is 1.